The van der Waals surface area contributed by atoms with E-state index in [0.717, 1.165) is 6.07 Å². The monoisotopic (exact) mass is 229 g/mol. The first-order valence-electron chi connectivity index (χ1n) is 4.00. The summed E-state index contributed by atoms with van der Waals surface area (Å²) in [5, 5.41) is 20.3. The smallest absolute Gasteiger partial charge is 0.253 e. The van der Waals surface area contributed by atoms with E-state index in [-0.39, 0.29) is 17.1 Å². The van der Waals surface area contributed by atoms with Gasteiger partial charge in [0.25, 0.3) is 5.91 Å². The molecule has 0 unspecified atom stereocenters. The lowest BCUT2D eigenvalue weighted by Gasteiger charge is -2.06. The maximum atomic E-state index is 11.3. The fraction of sp³-hybridized carbons (Fsp3) is 0.111. The fourth-order valence-electron chi connectivity index (χ4n) is 0.959. The molecule has 0 spiro atoms. The molecule has 1 aromatic rings. The van der Waals surface area contributed by atoms with Gasteiger partial charge in [0.2, 0.25) is 0 Å². The zero-order chi connectivity index (χ0) is 11.4. The van der Waals surface area contributed by atoms with Gasteiger partial charge in [-0.2, -0.15) is 0 Å². The number of carbonyl (C=O) groups excluding carboxylic acids is 2. The van der Waals surface area contributed by atoms with Crippen LogP contribution in [-0.2, 0) is 4.79 Å². The number of aromatic hydroxyl groups is 2. The number of benzene rings is 1. The summed E-state index contributed by atoms with van der Waals surface area (Å²) >= 11 is 5.61. The van der Waals surface area contributed by atoms with Crippen molar-refractivity contribution in [3.05, 3.63) is 22.7 Å². The highest BCUT2D eigenvalue weighted by atomic mass is 35.5. The highest BCUT2D eigenvalue weighted by Gasteiger charge is 2.15. The van der Waals surface area contributed by atoms with Gasteiger partial charge in [0.1, 0.15) is 6.29 Å². The van der Waals surface area contributed by atoms with Crippen LogP contribution in [0.25, 0.3) is 0 Å². The van der Waals surface area contributed by atoms with Crippen LogP contribution >= 0.6 is 11.6 Å². The van der Waals surface area contributed by atoms with Crippen molar-refractivity contribution in [2.24, 2.45) is 0 Å². The molecule has 0 fully saturated rings. The van der Waals surface area contributed by atoms with Gasteiger partial charge in [0, 0.05) is 0 Å². The molecule has 3 N–H and O–H groups in total. The zero-order valence-corrected chi connectivity index (χ0v) is 8.28. The van der Waals surface area contributed by atoms with Crippen molar-refractivity contribution in [3.8, 4) is 11.5 Å². The van der Waals surface area contributed by atoms with Gasteiger partial charge >= 0.3 is 0 Å². The van der Waals surface area contributed by atoms with Crippen molar-refractivity contribution in [2.75, 3.05) is 6.54 Å². The fourth-order valence-corrected chi connectivity index (χ4v) is 1.20. The molecular formula is C9H8ClNO4. The van der Waals surface area contributed by atoms with Crippen LogP contribution < -0.4 is 5.32 Å². The molecule has 0 radical (unpaired) electrons. The van der Waals surface area contributed by atoms with Gasteiger partial charge in [0.05, 0.1) is 17.1 Å². The maximum absolute atomic E-state index is 11.3. The minimum atomic E-state index is -0.595. The van der Waals surface area contributed by atoms with Crippen LogP contribution in [0.15, 0.2) is 12.1 Å². The molecule has 0 aliphatic rings. The van der Waals surface area contributed by atoms with Crippen molar-refractivity contribution in [1.82, 2.24) is 5.32 Å². The van der Waals surface area contributed by atoms with Gasteiger partial charge in [-0.1, -0.05) is 11.6 Å². The van der Waals surface area contributed by atoms with Crippen molar-refractivity contribution in [1.29, 1.82) is 0 Å². The van der Waals surface area contributed by atoms with Crippen molar-refractivity contribution >= 4 is 23.8 Å². The third-order valence-electron chi connectivity index (χ3n) is 1.69. The third kappa shape index (κ3) is 2.38. The summed E-state index contributed by atoms with van der Waals surface area (Å²) in [6.45, 7) is -0.142. The Morgan fingerprint density at radius 3 is 2.73 bits per heavy atom. The zero-order valence-electron chi connectivity index (χ0n) is 7.53. The Hall–Kier alpha value is -1.75. The first kappa shape index (κ1) is 11.3. The van der Waals surface area contributed by atoms with Gasteiger partial charge in [-0.25, -0.2) is 0 Å². The standard InChI is InChI=1S/C9H8ClNO4/c10-7-5(9(15)11-3-4-12)1-2-6(13)8(7)14/h1-2,4,13-14H,3H2,(H,11,15). The average Bonchev–Trinajstić information content (AvgIpc) is 2.23. The Morgan fingerprint density at radius 2 is 2.13 bits per heavy atom. The summed E-state index contributed by atoms with van der Waals surface area (Å²) < 4.78 is 0. The molecule has 1 aromatic carbocycles. The van der Waals surface area contributed by atoms with Crippen LogP contribution in [0.3, 0.4) is 0 Å². The molecule has 0 heterocycles. The molecular weight excluding hydrogens is 222 g/mol. The van der Waals surface area contributed by atoms with E-state index in [4.69, 9.17) is 16.7 Å². The second-order valence-electron chi connectivity index (χ2n) is 2.67. The minimum Gasteiger partial charge on any atom is -0.504 e. The second-order valence-corrected chi connectivity index (χ2v) is 3.05. The molecule has 0 atom stereocenters. The second kappa shape index (κ2) is 4.65. The lowest BCUT2D eigenvalue weighted by molar-refractivity contribution is -0.107. The summed E-state index contributed by atoms with van der Waals surface area (Å²) in [4.78, 5) is 21.4. The van der Waals surface area contributed by atoms with Crippen LogP contribution in [-0.4, -0.2) is 29.0 Å². The lowest BCUT2D eigenvalue weighted by atomic mass is 10.2. The summed E-state index contributed by atoms with van der Waals surface area (Å²) in [7, 11) is 0. The maximum Gasteiger partial charge on any atom is 0.253 e. The largest absolute Gasteiger partial charge is 0.504 e. The Kier molecular flexibility index (Phi) is 3.51. The van der Waals surface area contributed by atoms with Gasteiger partial charge in [-0.15, -0.1) is 0 Å². The number of phenolic OH excluding ortho intramolecular Hbond substituents is 2. The molecule has 0 aliphatic heterocycles. The molecule has 0 saturated carbocycles. The van der Waals surface area contributed by atoms with Gasteiger partial charge in [-0.05, 0) is 12.1 Å². The molecule has 15 heavy (non-hydrogen) atoms. The molecule has 6 heteroatoms. The predicted molar refractivity (Wildman–Crippen MR) is 53.2 cm³/mol. The van der Waals surface area contributed by atoms with Crippen LogP contribution in [0.4, 0.5) is 0 Å². The van der Waals surface area contributed by atoms with E-state index in [1.54, 1.807) is 0 Å². The Labute approximate surface area is 90.3 Å². The number of carbonyl (C=O) groups is 2. The summed E-state index contributed by atoms with van der Waals surface area (Å²) in [6, 6.07) is 2.38. The topological polar surface area (TPSA) is 86.6 Å². The highest BCUT2D eigenvalue weighted by Crippen LogP contribution is 2.35. The number of hydrogen-bond donors (Lipinski definition) is 3. The summed E-state index contributed by atoms with van der Waals surface area (Å²) in [6.07, 6.45) is 0.520. The Bertz CT molecular complexity index is 405. The van der Waals surface area contributed by atoms with Gasteiger partial charge in [-0.3, -0.25) is 4.79 Å². The van der Waals surface area contributed by atoms with E-state index in [9.17, 15) is 14.7 Å². The van der Waals surface area contributed by atoms with E-state index >= 15 is 0 Å². The number of hydrogen-bond acceptors (Lipinski definition) is 4. The van der Waals surface area contributed by atoms with Crippen LogP contribution in [0.5, 0.6) is 11.5 Å². The molecule has 1 amide bonds. The molecule has 0 bridgehead atoms. The van der Waals surface area contributed by atoms with Crippen molar-refractivity contribution in [3.63, 3.8) is 0 Å². The van der Waals surface area contributed by atoms with Crippen LogP contribution in [0.1, 0.15) is 10.4 Å². The molecule has 80 valence electrons. The average molecular weight is 230 g/mol. The number of aldehydes is 1. The molecule has 0 saturated heterocycles. The summed E-state index contributed by atoms with van der Waals surface area (Å²) in [5.74, 6) is -1.57. The molecule has 0 aromatic heterocycles. The first-order valence-corrected chi connectivity index (χ1v) is 4.38. The predicted octanol–water partition coefficient (Wildman–Crippen LogP) is 0.680. The van der Waals surface area contributed by atoms with Crippen molar-refractivity contribution in [2.45, 2.75) is 0 Å². The summed E-state index contributed by atoms with van der Waals surface area (Å²) in [5.41, 5.74) is -0.00573. The quantitative estimate of drug-likeness (QED) is 0.526. The van der Waals surface area contributed by atoms with Crippen LogP contribution in [0.2, 0.25) is 5.02 Å². The Balaban J connectivity index is 3.00. The molecule has 1 rings (SSSR count). The lowest BCUT2D eigenvalue weighted by Crippen LogP contribution is -2.25. The van der Waals surface area contributed by atoms with E-state index in [1.165, 1.54) is 6.07 Å². The van der Waals surface area contributed by atoms with Gasteiger partial charge < -0.3 is 20.3 Å². The van der Waals surface area contributed by atoms with E-state index in [1.807, 2.05) is 0 Å². The normalized spacial score (nSPS) is 9.67. The first-order chi connectivity index (χ1) is 7.07. The number of amides is 1. The van der Waals surface area contributed by atoms with E-state index in [0.29, 0.717) is 6.29 Å². The molecule has 5 nitrogen and oxygen atoms in total. The number of rotatable bonds is 3. The van der Waals surface area contributed by atoms with Gasteiger partial charge in [0.15, 0.2) is 11.5 Å². The SMILES string of the molecule is O=CCNC(=O)c1ccc(O)c(O)c1Cl. The van der Waals surface area contributed by atoms with Crippen molar-refractivity contribution < 1.29 is 19.8 Å². The highest BCUT2D eigenvalue weighted by molar-refractivity contribution is 6.35. The number of nitrogens with one attached hydrogen (secondary N) is 1. The van der Waals surface area contributed by atoms with E-state index < -0.39 is 17.4 Å². The number of phenols is 2. The third-order valence-corrected chi connectivity index (χ3v) is 2.07. The Morgan fingerprint density at radius 1 is 1.47 bits per heavy atom. The minimum absolute atomic E-state index is 0.00573. The van der Waals surface area contributed by atoms with E-state index in [2.05, 4.69) is 5.32 Å². The molecule has 0 aliphatic carbocycles. The van der Waals surface area contributed by atoms with Crippen LogP contribution in [0, 0.1) is 0 Å². The number of halogens is 1.